The summed E-state index contributed by atoms with van der Waals surface area (Å²) in [6.07, 6.45) is 0. The van der Waals surface area contributed by atoms with E-state index in [-0.39, 0.29) is 0 Å². The molecule has 0 rings (SSSR count). The standard InChI is InChI=1S/CH3FNO2S/c1-3-6(2,4)5/h1H3/q-1. The third-order valence-corrected chi connectivity index (χ3v) is 0.654. The van der Waals surface area contributed by atoms with E-state index in [0.29, 0.717) is 0 Å². The Balaban J connectivity index is 3.85. The van der Waals surface area contributed by atoms with E-state index in [0.717, 1.165) is 7.05 Å². The number of halogens is 1. The van der Waals surface area contributed by atoms with Gasteiger partial charge in [0.05, 0.1) is 0 Å². The van der Waals surface area contributed by atoms with Gasteiger partial charge in [0, 0.05) is 0 Å². The highest BCUT2D eigenvalue weighted by Crippen LogP contribution is 1.94. The van der Waals surface area contributed by atoms with Crippen LogP contribution in [-0.4, -0.2) is 15.5 Å². The smallest absolute Gasteiger partial charge is 0.228 e. The van der Waals surface area contributed by atoms with Gasteiger partial charge in [0.15, 0.2) is 0 Å². The van der Waals surface area contributed by atoms with Crippen LogP contribution in [0.3, 0.4) is 0 Å². The van der Waals surface area contributed by atoms with Crippen molar-refractivity contribution in [3.05, 3.63) is 4.72 Å². The van der Waals surface area contributed by atoms with Gasteiger partial charge in [-0.25, -0.2) is 8.42 Å². The van der Waals surface area contributed by atoms with Crippen molar-refractivity contribution in [2.75, 3.05) is 7.05 Å². The van der Waals surface area contributed by atoms with Gasteiger partial charge in [0.2, 0.25) is 10.4 Å². The van der Waals surface area contributed by atoms with E-state index in [9.17, 15) is 3.89 Å². The molecule has 0 bridgehead atoms. The van der Waals surface area contributed by atoms with Crippen LogP contribution in [0, 0.1) is 0 Å². The highest BCUT2D eigenvalue weighted by molar-refractivity contribution is 7.88. The Morgan fingerprint density at radius 1 is 1.67 bits per heavy atom. The molecule has 3 nitrogen and oxygen atoms in total. The molecule has 0 saturated heterocycles. The molecule has 0 unspecified atom stereocenters. The first-order valence-corrected chi connectivity index (χ1v) is 2.46. The maximum absolute atomic E-state index is 10.9. The molecule has 0 aromatic carbocycles. The average Bonchev–Trinajstić information content (AvgIpc) is 1.35. The van der Waals surface area contributed by atoms with E-state index in [1.54, 1.807) is 0 Å². The molecule has 0 saturated carbocycles. The molecule has 5 heteroatoms. The van der Waals surface area contributed by atoms with Crippen LogP contribution in [0.4, 0.5) is 3.89 Å². The predicted octanol–water partition coefficient (Wildman–Crippen LogP) is 0.204. The summed E-state index contributed by atoms with van der Waals surface area (Å²) in [5, 5.41) is 0. The predicted molar refractivity (Wildman–Crippen MR) is 19.3 cm³/mol. The van der Waals surface area contributed by atoms with Crippen molar-refractivity contribution in [3.8, 4) is 0 Å². The Hall–Kier alpha value is -0.160. The lowest BCUT2D eigenvalue weighted by Crippen LogP contribution is -1.81. The van der Waals surface area contributed by atoms with Crippen molar-refractivity contribution in [2.24, 2.45) is 0 Å². The molecule has 38 valence electrons. The summed E-state index contributed by atoms with van der Waals surface area (Å²) in [5.74, 6) is 0. The summed E-state index contributed by atoms with van der Waals surface area (Å²) in [6, 6.07) is 0. The zero-order valence-electron chi connectivity index (χ0n) is 3.05. The Morgan fingerprint density at radius 2 is 1.83 bits per heavy atom. The van der Waals surface area contributed by atoms with Gasteiger partial charge in [-0.05, 0) is 0 Å². The first-order valence-electron chi connectivity index (χ1n) is 1.12. The lowest BCUT2D eigenvalue weighted by atomic mass is 11.6. The number of hydrogen-bond donors (Lipinski definition) is 0. The zero-order chi connectivity index (χ0) is 5.21. The zero-order valence-corrected chi connectivity index (χ0v) is 3.87. The molecule has 0 aliphatic heterocycles. The van der Waals surface area contributed by atoms with Crippen molar-refractivity contribution in [2.45, 2.75) is 0 Å². The SMILES string of the molecule is C[N-]S(=O)(=O)F. The van der Waals surface area contributed by atoms with Gasteiger partial charge < -0.3 is 4.72 Å². The van der Waals surface area contributed by atoms with Gasteiger partial charge in [-0.3, -0.25) is 0 Å². The fraction of sp³-hybridized carbons (Fsp3) is 1.00. The number of hydrogen-bond acceptors (Lipinski definition) is 2. The van der Waals surface area contributed by atoms with Gasteiger partial charge in [-0.2, -0.15) is 0 Å². The minimum Gasteiger partial charge on any atom is -0.523 e. The summed E-state index contributed by atoms with van der Waals surface area (Å²) < 4.78 is 31.6. The first-order chi connectivity index (χ1) is 2.56. The highest BCUT2D eigenvalue weighted by atomic mass is 32.3. The van der Waals surface area contributed by atoms with Crippen LogP contribution in [0.25, 0.3) is 4.72 Å². The summed E-state index contributed by atoms with van der Waals surface area (Å²) in [6.45, 7) is 0. The Labute approximate surface area is 35.5 Å². The van der Waals surface area contributed by atoms with Crippen LogP contribution in [0.1, 0.15) is 0 Å². The molecule has 0 aromatic rings. The van der Waals surface area contributed by atoms with Crippen LogP contribution in [0.15, 0.2) is 0 Å². The van der Waals surface area contributed by atoms with Crippen molar-refractivity contribution in [1.82, 2.24) is 0 Å². The van der Waals surface area contributed by atoms with E-state index >= 15 is 0 Å². The third-order valence-electron chi connectivity index (χ3n) is 0.218. The minimum atomic E-state index is -4.54. The van der Waals surface area contributed by atoms with Crippen LogP contribution in [-0.2, 0) is 10.4 Å². The lowest BCUT2D eigenvalue weighted by molar-refractivity contribution is 0.560. The average molecular weight is 112 g/mol. The topological polar surface area (TPSA) is 48.2 Å². The van der Waals surface area contributed by atoms with E-state index in [1.165, 1.54) is 0 Å². The van der Waals surface area contributed by atoms with Crippen LogP contribution in [0.5, 0.6) is 0 Å². The first kappa shape index (κ1) is 5.84. The Bertz CT molecular complexity index is 116. The summed E-state index contributed by atoms with van der Waals surface area (Å²) in [7, 11) is -3.67. The summed E-state index contributed by atoms with van der Waals surface area (Å²) >= 11 is 0. The minimum absolute atomic E-state index is 0.870. The molecular formula is CH3FNO2S-. The van der Waals surface area contributed by atoms with E-state index in [1.807, 2.05) is 0 Å². The molecule has 0 amide bonds. The monoisotopic (exact) mass is 112 g/mol. The lowest BCUT2D eigenvalue weighted by Gasteiger charge is -1.98. The van der Waals surface area contributed by atoms with Crippen molar-refractivity contribution < 1.29 is 12.3 Å². The molecule has 0 N–H and O–H groups in total. The van der Waals surface area contributed by atoms with Gasteiger partial charge in [0.25, 0.3) is 0 Å². The molecule has 0 aromatic heterocycles. The summed E-state index contributed by atoms with van der Waals surface area (Å²) in [4.78, 5) is 0. The normalized spacial score (nSPS) is 11.7. The molecule has 0 fully saturated rings. The molecule has 6 heavy (non-hydrogen) atoms. The van der Waals surface area contributed by atoms with Gasteiger partial charge in [-0.15, -0.1) is 10.9 Å². The quantitative estimate of drug-likeness (QED) is 0.455. The summed E-state index contributed by atoms with van der Waals surface area (Å²) in [5.41, 5.74) is 0. The number of rotatable bonds is 1. The highest BCUT2D eigenvalue weighted by Gasteiger charge is 1.80. The maximum Gasteiger partial charge on any atom is 0.228 e. The second kappa shape index (κ2) is 1.53. The molecule has 0 radical (unpaired) electrons. The van der Waals surface area contributed by atoms with Gasteiger partial charge in [0.1, 0.15) is 0 Å². The second-order valence-corrected chi connectivity index (χ2v) is 1.78. The number of nitrogens with zero attached hydrogens (tertiary/aromatic N) is 1. The van der Waals surface area contributed by atoms with Crippen LogP contribution in [0.2, 0.25) is 0 Å². The second-order valence-electron chi connectivity index (χ2n) is 0.595. The van der Waals surface area contributed by atoms with Crippen LogP contribution < -0.4 is 0 Å². The maximum atomic E-state index is 10.9. The Morgan fingerprint density at radius 3 is 1.83 bits per heavy atom. The molecule has 0 heterocycles. The fourth-order valence-electron chi connectivity index (χ4n) is 0. The molecule has 0 atom stereocenters. The van der Waals surface area contributed by atoms with Crippen molar-refractivity contribution in [3.63, 3.8) is 0 Å². The van der Waals surface area contributed by atoms with Gasteiger partial charge >= 0.3 is 0 Å². The van der Waals surface area contributed by atoms with Crippen LogP contribution >= 0.6 is 0 Å². The van der Waals surface area contributed by atoms with Crippen molar-refractivity contribution in [1.29, 1.82) is 0 Å². The van der Waals surface area contributed by atoms with E-state index in [4.69, 9.17) is 8.42 Å². The largest absolute Gasteiger partial charge is 0.523 e. The molecule has 0 aliphatic rings. The fourth-order valence-corrected chi connectivity index (χ4v) is 0. The molecule has 0 spiro atoms. The van der Waals surface area contributed by atoms with E-state index in [2.05, 4.69) is 4.72 Å². The third kappa shape index (κ3) is 3.84. The molecular weight excluding hydrogens is 109 g/mol. The van der Waals surface area contributed by atoms with Gasteiger partial charge in [-0.1, -0.05) is 0 Å². The Kier molecular flexibility index (Phi) is 1.48. The van der Waals surface area contributed by atoms with Crippen molar-refractivity contribution >= 4 is 10.4 Å². The molecule has 0 aliphatic carbocycles. The van der Waals surface area contributed by atoms with E-state index < -0.39 is 10.4 Å².